The SMILES string of the molecule is CCC1C=CC=CC1c1c2ccccc2c(C2C=CC(n3c4c(c5ccccc53)CCC=C4)=CC2)c2ccccc12. The summed E-state index contributed by atoms with van der Waals surface area (Å²) < 4.78 is 2.49. The van der Waals surface area contributed by atoms with Crippen LogP contribution in [0.15, 0.2) is 121 Å². The van der Waals surface area contributed by atoms with E-state index in [1.807, 2.05) is 0 Å². The van der Waals surface area contributed by atoms with E-state index in [9.17, 15) is 0 Å². The maximum atomic E-state index is 2.49. The van der Waals surface area contributed by atoms with Crippen molar-refractivity contribution in [3.8, 4) is 0 Å². The number of aromatic nitrogens is 1. The van der Waals surface area contributed by atoms with Gasteiger partial charge in [0.2, 0.25) is 0 Å². The molecule has 1 heterocycles. The fraction of sp³-hybridized carbons (Fsp3) is 0.200. The molecular weight excluding hydrogens is 494 g/mol. The first-order valence-electron chi connectivity index (χ1n) is 15.3. The smallest absolute Gasteiger partial charge is 0.0537 e. The lowest BCUT2D eigenvalue weighted by molar-refractivity contribution is 0.564. The van der Waals surface area contributed by atoms with Gasteiger partial charge in [0.05, 0.1) is 5.52 Å². The van der Waals surface area contributed by atoms with Crippen LogP contribution in [0.3, 0.4) is 0 Å². The molecule has 41 heavy (non-hydrogen) atoms. The zero-order valence-electron chi connectivity index (χ0n) is 23.6. The first kappa shape index (κ1) is 24.4. The van der Waals surface area contributed by atoms with Crippen molar-refractivity contribution in [3.05, 3.63) is 144 Å². The van der Waals surface area contributed by atoms with Crippen molar-refractivity contribution in [1.29, 1.82) is 0 Å². The summed E-state index contributed by atoms with van der Waals surface area (Å²) in [5.74, 6) is 1.25. The molecule has 200 valence electrons. The zero-order valence-corrected chi connectivity index (χ0v) is 23.6. The number of aryl methyl sites for hydroxylation is 1. The number of hydrogen-bond acceptors (Lipinski definition) is 0. The van der Waals surface area contributed by atoms with E-state index in [4.69, 9.17) is 0 Å². The van der Waals surface area contributed by atoms with E-state index in [2.05, 4.69) is 139 Å². The number of nitrogens with zero attached hydrogens (tertiary/aromatic N) is 1. The average Bonchev–Trinajstić information content (AvgIpc) is 3.38. The molecule has 0 fully saturated rings. The molecule has 0 saturated heterocycles. The number of fused-ring (bicyclic) bond motifs is 5. The molecule has 0 spiro atoms. The van der Waals surface area contributed by atoms with Crippen LogP contribution in [0.1, 0.15) is 60.4 Å². The Morgan fingerprint density at radius 2 is 1.37 bits per heavy atom. The van der Waals surface area contributed by atoms with Crippen molar-refractivity contribution in [2.24, 2.45) is 5.92 Å². The Bertz CT molecular complexity index is 1910. The molecule has 0 amide bonds. The van der Waals surface area contributed by atoms with Crippen LogP contribution in [-0.4, -0.2) is 4.57 Å². The minimum Gasteiger partial charge on any atom is -0.310 e. The van der Waals surface area contributed by atoms with Gasteiger partial charge in [0, 0.05) is 28.6 Å². The van der Waals surface area contributed by atoms with Gasteiger partial charge in [-0.1, -0.05) is 116 Å². The minimum atomic E-state index is 0.333. The quantitative estimate of drug-likeness (QED) is 0.204. The van der Waals surface area contributed by atoms with Crippen molar-refractivity contribution in [2.75, 3.05) is 0 Å². The highest BCUT2D eigenvalue weighted by Gasteiger charge is 2.27. The van der Waals surface area contributed by atoms with Crippen LogP contribution in [-0.2, 0) is 6.42 Å². The Morgan fingerprint density at radius 1 is 0.707 bits per heavy atom. The molecule has 3 atom stereocenters. The highest BCUT2D eigenvalue weighted by Crippen LogP contribution is 2.46. The molecule has 0 radical (unpaired) electrons. The summed E-state index contributed by atoms with van der Waals surface area (Å²) in [6, 6.07) is 27.2. The van der Waals surface area contributed by atoms with Crippen molar-refractivity contribution in [3.63, 3.8) is 0 Å². The van der Waals surface area contributed by atoms with Crippen molar-refractivity contribution >= 4 is 44.2 Å². The lowest BCUT2D eigenvalue weighted by Gasteiger charge is -2.29. The van der Waals surface area contributed by atoms with Crippen LogP contribution in [0.25, 0.3) is 44.2 Å². The second kappa shape index (κ2) is 9.93. The second-order valence-electron chi connectivity index (χ2n) is 11.8. The molecule has 3 unspecified atom stereocenters. The highest BCUT2D eigenvalue weighted by molar-refractivity contribution is 6.07. The topological polar surface area (TPSA) is 4.93 Å². The molecule has 3 aliphatic rings. The summed E-state index contributed by atoms with van der Waals surface area (Å²) in [4.78, 5) is 0. The fourth-order valence-corrected chi connectivity index (χ4v) is 7.76. The molecule has 1 aromatic heterocycles. The van der Waals surface area contributed by atoms with Crippen molar-refractivity contribution < 1.29 is 0 Å². The summed E-state index contributed by atoms with van der Waals surface area (Å²) in [5, 5.41) is 7.01. The first-order chi connectivity index (χ1) is 20.3. The van der Waals surface area contributed by atoms with Crippen LogP contribution in [0.4, 0.5) is 0 Å². The van der Waals surface area contributed by atoms with Gasteiger partial charge in [-0.3, -0.25) is 0 Å². The Kier molecular flexibility index (Phi) is 5.92. The maximum Gasteiger partial charge on any atom is 0.0537 e. The molecule has 3 aliphatic carbocycles. The van der Waals surface area contributed by atoms with Gasteiger partial charge in [0.25, 0.3) is 0 Å². The third-order valence-corrected chi connectivity index (χ3v) is 9.63. The van der Waals surface area contributed by atoms with E-state index < -0.39 is 0 Å². The maximum absolute atomic E-state index is 2.49. The van der Waals surface area contributed by atoms with E-state index in [1.165, 1.54) is 60.5 Å². The van der Waals surface area contributed by atoms with Crippen LogP contribution < -0.4 is 0 Å². The lowest BCUT2D eigenvalue weighted by atomic mass is 9.75. The van der Waals surface area contributed by atoms with Crippen LogP contribution in [0.5, 0.6) is 0 Å². The fourth-order valence-electron chi connectivity index (χ4n) is 7.76. The Hall–Kier alpha value is -4.36. The number of rotatable bonds is 4. The van der Waals surface area contributed by atoms with Gasteiger partial charge in [-0.15, -0.1) is 0 Å². The molecule has 0 aliphatic heterocycles. The average molecular weight is 530 g/mol. The molecule has 0 N–H and O–H groups in total. The van der Waals surface area contributed by atoms with E-state index >= 15 is 0 Å². The van der Waals surface area contributed by atoms with Gasteiger partial charge >= 0.3 is 0 Å². The Balaban J connectivity index is 1.27. The predicted octanol–water partition coefficient (Wildman–Crippen LogP) is 10.7. The van der Waals surface area contributed by atoms with Crippen molar-refractivity contribution in [2.45, 2.75) is 44.4 Å². The summed E-state index contributed by atoms with van der Waals surface area (Å²) >= 11 is 0. The highest BCUT2D eigenvalue weighted by atomic mass is 15.0. The van der Waals surface area contributed by atoms with Crippen LogP contribution >= 0.6 is 0 Å². The van der Waals surface area contributed by atoms with Gasteiger partial charge in [0.15, 0.2) is 0 Å². The largest absolute Gasteiger partial charge is 0.310 e. The van der Waals surface area contributed by atoms with Gasteiger partial charge in [-0.25, -0.2) is 0 Å². The zero-order chi connectivity index (χ0) is 27.3. The minimum absolute atomic E-state index is 0.333. The third kappa shape index (κ3) is 3.83. The van der Waals surface area contributed by atoms with Crippen molar-refractivity contribution in [1.82, 2.24) is 4.57 Å². The van der Waals surface area contributed by atoms with E-state index in [1.54, 1.807) is 0 Å². The van der Waals surface area contributed by atoms with E-state index in [0.29, 0.717) is 17.8 Å². The Labute approximate surface area is 242 Å². The summed E-state index contributed by atoms with van der Waals surface area (Å²) in [6.07, 6.45) is 25.6. The number of hydrogen-bond donors (Lipinski definition) is 0. The second-order valence-corrected chi connectivity index (χ2v) is 11.8. The number of benzene rings is 4. The van der Waals surface area contributed by atoms with Crippen LogP contribution in [0, 0.1) is 5.92 Å². The van der Waals surface area contributed by atoms with E-state index in [-0.39, 0.29) is 0 Å². The molecule has 0 bridgehead atoms. The van der Waals surface area contributed by atoms with Gasteiger partial charge in [0.1, 0.15) is 0 Å². The van der Waals surface area contributed by atoms with E-state index in [0.717, 1.165) is 25.7 Å². The van der Waals surface area contributed by atoms with Crippen LogP contribution in [0.2, 0.25) is 0 Å². The monoisotopic (exact) mass is 529 g/mol. The predicted molar refractivity (Wildman–Crippen MR) is 176 cm³/mol. The molecule has 0 saturated carbocycles. The normalized spacial score (nSPS) is 21.6. The summed E-state index contributed by atoms with van der Waals surface area (Å²) in [5.41, 5.74) is 8.41. The molecule has 1 nitrogen and oxygen atoms in total. The molecular formula is C40H35N. The summed E-state index contributed by atoms with van der Waals surface area (Å²) in [7, 11) is 0. The van der Waals surface area contributed by atoms with Gasteiger partial charge < -0.3 is 4.57 Å². The number of allylic oxidation sites excluding steroid dienone is 9. The lowest BCUT2D eigenvalue weighted by Crippen LogP contribution is -2.12. The first-order valence-corrected chi connectivity index (χ1v) is 15.3. The van der Waals surface area contributed by atoms with Gasteiger partial charge in [-0.05, 0) is 88.1 Å². The summed E-state index contributed by atoms with van der Waals surface area (Å²) in [6.45, 7) is 2.32. The third-order valence-electron chi connectivity index (χ3n) is 9.63. The van der Waals surface area contributed by atoms with Gasteiger partial charge in [-0.2, -0.15) is 0 Å². The molecule has 5 aromatic rings. The molecule has 8 rings (SSSR count). The standard InChI is InChI=1S/C40H35N/c1-2-27-13-3-4-14-30(27)40-35-19-7-5-17-33(35)39(34-18-6-8-20-36(34)40)28-23-25-29(26-24-28)41-37-21-11-9-15-31(37)32-16-10-12-22-38(32)41/h3-9,11-15,17-23,25-28,30H,2,10,16,24H2,1H3. The molecule has 4 aromatic carbocycles. The number of para-hydroxylation sites is 1. The molecule has 1 heteroatoms. The Morgan fingerprint density at radius 3 is 2.05 bits per heavy atom.